The zero-order valence-electron chi connectivity index (χ0n) is 16.3. The number of nitrogens with zero attached hydrogens (tertiary/aromatic N) is 2. The fraction of sp³-hybridized carbons (Fsp3) is 0.167. The fourth-order valence-electron chi connectivity index (χ4n) is 4.20. The second-order valence-corrected chi connectivity index (χ2v) is 8.04. The first-order chi connectivity index (χ1) is 15.0. The minimum atomic E-state index is -0.943. The molecular formula is C24H18ClFN2O3. The van der Waals surface area contributed by atoms with Crippen LogP contribution in [0.15, 0.2) is 78.9 Å². The number of benzene rings is 3. The van der Waals surface area contributed by atoms with E-state index in [0.717, 1.165) is 5.56 Å². The van der Waals surface area contributed by atoms with Gasteiger partial charge in [-0.3, -0.25) is 19.3 Å². The molecule has 2 fully saturated rings. The molecule has 0 spiro atoms. The van der Waals surface area contributed by atoms with Gasteiger partial charge >= 0.3 is 0 Å². The summed E-state index contributed by atoms with van der Waals surface area (Å²) in [5, 5.41) is 2.12. The number of halogens is 2. The minimum Gasteiger partial charge on any atom is -0.275 e. The molecule has 3 aromatic rings. The SMILES string of the molecule is O=C1[C@H]2[C@@H](ON(c3ccc(Cl)cc3)[C@H]2c2ccc(F)cc2)C(=O)N1Cc1ccccc1. The maximum absolute atomic E-state index is 13.6. The first kappa shape index (κ1) is 19.7. The summed E-state index contributed by atoms with van der Waals surface area (Å²) in [7, 11) is 0. The van der Waals surface area contributed by atoms with Crippen molar-refractivity contribution in [2.24, 2.45) is 5.92 Å². The van der Waals surface area contributed by atoms with E-state index in [9.17, 15) is 14.0 Å². The Balaban J connectivity index is 1.52. The van der Waals surface area contributed by atoms with E-state index in [2.05, 4.69) is 0 Å². The quantitative estimate of drug-likeness (QED) is 0.564. The van der Waals surface area contributed by atoms with Crippen LogP contribution in [-0.2, 0) is 21.0 Å². The van der Waals surface area contributed by atoms with Crippen molar-refractivity contribution in [2.45, 2.75) is 18.7 Å². The molecule has 0 aromatic heterocycles. The van der Waals surface area contributed by atoms with E-state index < -0.39 is 18.1 Å². The highest BCUT2D eigenvalue weighted by molar-refractivity contribution is 6.30. The van der Waals surface area contributed by atoms with Crippen LogP contribution in [-0.4, -0.2) is 22.8 Å². The van der Waals surface area contributed by atoms with Crippen LogP contribution in [0.2, 0.25) is 5.02 Å². The number of carbonyl (C=O) groups is 2. The number of hydrogen-bond donors (Lipinski definition) is 0. The average Bonchev–Trinajstić information content (AvgIpc) is 3.28. The number of imide groups is 1. The summed E-state index contributed by atoms with van der Waals surface area (Å²) in [6.07, 6.45) is -0.943. The van der Waals surface area contributed by atoms with Crippen molar-refractivity contribution in [3.63, 3.8) is 0 Å². The van der Waals surface area contributed by atoms with Gasteiger partial charge in [0, 0.05) is 5.02 Å². The first-order valence-corrected chi connectivity index (χ1v) is 10.3. The highest BCUT2D eigenvalue weighted by atomic mass is 35.5. The van der Waals surface area contributed by atoms with Gasteiger partial charge in [-0.15, -0.1) is 0 Å². The third kappa shape index (κ3) is 3.48. The minimum absolute atomic E-state index is 0.186. The van der Waals surface area contributed by atoms with E-state index in [4.69, 9.17) is 16.4 Å². The van der Waals surface area contributed by atoms with Crippen LogP contribution in [0.5, 0.6) is 0 Å². The monoisotopic (exact) mass is 436 g/mol. The van der Waals surface area contributed by atoms with Gasteiger partial charge in [-0.2, -0.15) is 0 Å². The van der Waals surface area contributed by atoms with Gasteiger partial charge in [0.2, 0.25) is 5.91 Å². The lowest BCUT2D eigenvalue weighted by molar-refractivity contribution is -0.143. The Morgan fingerprint density at radius 1 is 0.871 bits per heavy atom. The average molecular weight is 437 g/mol. The van der Waals surface area contributed by atoms with Gasteiger partial charge in [0.05, 0.1) is 18.3 Å². The van der Waals surface area contributed by atoms with Crippen LogP contribution < -0.4 is 5.06 Å². The zero-order valence-corrected chi connectivity index (χ0v) is 17.1. The Morgan fingerprint density at radius 3 is 2.23 bits per heavy atom. The number of carbonyl (C=O) groups excluding carboxylic acids is 2. The molecule has 2 amide bonds. The van der Waals surface area contributed by atoms with Crippen LogP contribution in [0.4, 0.5) is 10.1 Å². The third-order valence-electron chi connectivity index (χ3n) is 5.68. The maximum atomic E-state index is 13.6. The lowest BCUT2D eigenvalue weighted by atomic mass is 9.90. The molecule has 0 bridgehead atoms. The van der Waals surface area contributed by atoms with E-state index in [1.54, 1.807) is 41.5 Å². The van der Waals surface area contributed by atoms with E-state index in [-0.39, 0.29) is 24.2 Å². The standard InChI is InChI=1S/C24H18ClFN2O3/c25-17-8-12-19(13-9-17)28-21(16-6-10-18(26)11-7-16)20-22(31-28)24(30)27(23(20)29)14-15-4-2-1-3-5-15/h1-13,20-22H,14H2/t20-,21+,22-/m1/s1. The fourth-order valence-corrected chi connectivity index (χ4v) is 4.33. The molecule has 0 N–H and O–H groups in total. The Labute approximate surface area is 183 Å². The number of rotatable bonds is 4. The zero-order chi connectivity index (χ0) is 21.5. The molecule has 0 radical (unpaired) electrons. The smallest absolute Gasteiger partial charge is 0.262 e. The molecule has 2 saturated heterocycles. The normalized spacial score (nSPS) is 22.8. The summed E-state index contributed by atoms with van der Waals surface area (Å²) in [6, 6.07) is 21.6. The summed E-state index contributed by atoms with van der Waals surface area (Å²) in [5.41, 5.74) is 2.20. The summed E-state index contributed by atoms with van der Waals surface area (Å²) in [5.74, 6) is -1.79. The molecule has 5 nitrogen and oxygen atoms in total. The van der Waals surface area contributed by atoms with Gasteiger partial charge in [0.1, 0.15) is 11.7 Å². The maximum Gasteiger partial charge on any atom is 0.262 e. The predicted octanol–water partition coefficient (Wildman–Crippen LogP) is 4.53. The summed E-state index contributed by atoms with van der Waals surface area (Å²) in [6.45, 7) is 0.186. The molecule has 0 unspecified atom stereocenters. The molecule has 5 rings (SSSR count). The molecule has 31 heavy (non-hydrogen) atoms. The number of amides is 2. The number of hydrogen-bond acceptors (Lipinski definition) is 4. The summed E-state index contributed by atoms with van der Waals surface area (Å²) in [4.78, 5) is 33.8. The second kappa shape index (κ2) is 7.80. The second-order valence-electron chi connectivity index (χ2n) is 7.60. The Kier molecular flexibility index (Phi) is 4.96. The Bertz CT molecular complexity index is 1120. The molecule has 2 aliphatic rings. The largest absolute Gasteiger partial charge is 0.275 e. The van der Waals surface area contributed by atoms with Crippen LogP contribution in [0, 0.1) is 11.7 Å². The Morgan fingerprint density at radius 2 is 1.55 bits per heavy atom. The molecule has 3 aromatic carbocycles. The molecule has 0 saturated carbocycles. The van der Waals surface area contributed by atoms with E-state index in [1.165, 1.54) is 17.0 Å². The van der Waals surface area contributed by atoms with E-state index >= 15 is 0 Å². The van der Waals surface area contributed by atoms with Crippen LogP contribution in [0.25, 0.3) is 0 Å². The number of likely N-dealkylation sites (tertiary alicyclic amines) is 1. The first-order valence-electron chi connectivity index (χ1n) is 9.89. The van der Waals surface area contributed by atoms with Gasteiger partial charge in [0.15, 0.2) is 6.10 Å². The molecule has 3 atom stereocenters. The Hall–Kier alpha value is -3.22. The molecule has 156 valence electrons. The van der Waals surface area contributed by atoms with Gasteiger partial charge in [-0.1, -0.05) is 54.1 Å². The molecule has 7 heteroatoms. The predicted molar refractivity (Wildman–Crippen MR) is 113 cm³/mol. The van der Waals surface area contributed by atoms with Crippen molar-refractivity contribution >= 4 is 29.1 Å². The lowest BCUT2D eigenvalue weighted by Crippen LogP contribution is -2.36. The highest BCUT2D eigenvalue weighted by Crippen LogP contribution is 2.47. The van der Waals surface area contributed by atoms with Gasteiger partial charge in [0.25, 0.3) is 5.91 Å². The van der Waals surface area contributed by atoms with Gasteiger partial charge in [-0.05, 0) is 47.5 Å². The molecule has 0 aliphatic carbocycles. The van der Waals surface area contributed by atoms with Crippen LogP contribution in [0.3, 0.4) is 0 Å². The van der Waals surface area contributed by atoms with Crippen molar-refractivity contribution in [1.29, 1.82) is 0 Å². The molecular weight excluding hydrogens is 419 g/mol. The van der Waals surface area contributed by atoms with Gasteiger partial charge in [-0.25, -0.2) is 9.45 Å². The van der Waals surface area contributed by atoms with Crippen molar-refractivity contribution < 1.29 is 18.8 Å². The van der Waals surface area contributed by atoms with Crippen molar-refractivity contribution in [1.82, 2.24) is 4.90 Å². The molecule has 2 aliphatic heterocycles. The third-order valence-corrected chi connectivity index (χ3v) is 5.93. The number of fused-ring (bicyclic) bond motifs is 1. The topological polar surface area (TPSA) is 49.9 Å². The van der Waals surface area contributed by atoms with Crippen LogP contribution >= 0.6 is 11.6 Å². The van der Waals surface area contributed by atoms with E-state index in [1.807, 2.05) is 30.3 Å². The van der Waals surface area contributed by atoms with Crippen LogP contribution in [0.1, 0.15) is 17.2 Å². The number of hydroxylamine groups is 1. The van der Waals surface area contributed by atoms with Crippen molar-refractivity contribution in [2.75, 3.05) is 5.06 Å². The highest BCUT2D eigenvalue weighted by Gasteiger charge is 2.59. The number of anilines is 1. The van der Waals surface area contributed by atoms with Crippen molar-refractivity contribution in [3.05, 3.63) is 101 Å². The summed E-state index contributed by atoms with van der Waals surface area (Å²) < 4.78 is 13.6. The van der Waals surface area contributed by atoms with Crippen molar-refractivity contribution in [3.8, 4) is 0 Å². The van der Waals surface area contributed by atoms with E-state index in [0.29, 0.717) is 16.3 Å². The summed E-state index contributed by atoms with van der Waals surface area (Å²) >= 11 is 6.01. The van der Waals surface area contributed by atoms with Gasteiger partial charge < -0.3 is 0 Å². The lowest BCUT2D eigenvalue weighted by Gasteiger charge is -2.28. The molecule has 2 heterocycles.